The number of sulfone groups is 1. The summed E-state index contributed by atoms with van der Waals surface area (Å²) < 4.78 is 25.9. The molecule has 0 N–H and O–H groups in total. The van der Waals surface area contributed by atoms with E-state index in [2.05, 4.69) is 4.90 Å². The van der Waals surface area contributed by atoms with Crippen molar-refractivity contribution in [3.05, 3.63) is 74.2 Å². The summed E-state index contributed by atoms with van der Waals surface area (Å²) in [7, 11) is -3.39. The first-order chi connectivity index (χ1) is 14.3. The Labute approximate surface area is 195 Å². The van der Waals surface area contributed by atoms with Gasteiger partial charge in [-0.15, -0.1) is 11.3 Å². The molecule has 1 aliphatic rings. The number of piperidine rings is 1. The monoisotopic (exact) mass is 500 g/mol. The Bertz CT molecular complexity index is 1140. The summed E-state index contributed by atoms with van der Waals surface area (Å²) in [6.45, 7) is 1.31. The normalized spacial score (nSPS) is 15.5. The molecule has 2 heterocycles. The Hall–Kier alpha value is -1.31. The third-order valence-electron chi connectivity index (χ3n) is 5.12. The molecule has 0 unspecified atom stereocenters. The molecular formula is C21H19Cl3N2O2S2. The molecule has 0 bridgehead atoms. The first-order valence-corrected chi connectivity index (χ1v) is 13.0. The van der Waals surface area contributed by atoms with Gasteiger partial charge in [-0.2, -0.15) is 0 Å². The summed E-state index contributed by atoms with van der Waals surface area (Å²) >= 11 is 19.7. The van der Waals surface area contributed by atoms with E-state index in [1.54, 1.807) is 35.6 Å². The Balaban J connectivity index is 1.41. The summed E-state index contributed by atoms with van der Waals surface area (Å²) in [6, 6.07) is 12.0. The van der Waals surface area contributed by atoms with E-state index in [4.69, 9.17) is 39.8 Å². The number of rotatable bonds is 5. The van der Waals surface area contributed by atoms with Crippen molar-refractivity contribution in [1.82, 2.24) is 4.98 Å². The molecule has 4 rings (SSSR count). The topological polar surface area (TPSA) is 50.3 Å². The molecule has 158 valence electrons. The van der Waals surface area contributed by atoms with Crippen LogP contribution >= 0.6 is 46.1 Å². The summed E-state index contributed by atoms with van der Waals surface area (Å²) in [4.78, 5) is 7.19. The molecule has 0 atom stereocenters. The molecule has 1 saturated heterocycles. The van der Waals surface area contributed by atoms with Crippen LogP contribution in [0.5, 0.6) is 0 Å². The lowest BCUT2D eigenvalue weighted by molar-refractivity contribution is 0.529. The largest absolute Gasteiger partial charge is 0.348 e. The highest BCUT2D eigenvalue weighted by Crippen LogP contribution is 2.30. The maximum atomic E-state index is 12.9. The lowest BCUT2D eigenvalue weighted by Crippen LogP contribution is -2.39. The molecule has 1 aliphatic heterocycles. The quantitative estimate of drug-likeness (QED) is 0.421. The lowest BCUT2D eigenvalue weighted by atomic mass is 10.1. The average molecular weight is 502 g/mol. The predicted octanol–water partition coefficient (Wildman–Crippen LogP) is 6.14. The Morgan fingerprint density at radius 2 is 1.70 bits per heavy atom. The summed E-state index contributed by atoms with van der Waals surface area (Å²) in [5.41, 5.74) is 1.96. The second-order valence-corrected chi connectivity index (χ2v) is 11.6. The standard InChI is InChI=1S/C21H19Cl3N2O2S2/c22-15-2-1-3-20(12-15)30(27,28)19-4-6-26(7-5-19)21-25-18(13-29-21)10-14-8-16(23)11-17(24)9-14/h1-3,8-9,11-13,19H,4-7,10H2. The first-order valence-electron chi connectivity index (χ1n) is 9.45. The molecule has 0 radical (unpaired) electrons. The average Bonchev–Trinajstić information content (AvgIpc) is 3.16. The number of halogens is 3. The van der Waals surface area contributed by atoms with Gasteiger partial charge in [0, 0.05) is 40.0 Å². The van der Waals surface area contributed by atoms with Crippen LogP contribution in [0.2, 0.25) is 15.1 Å². The minimum Gasteiger partial charge on any atom is -0.348 e. The van der Waals surface area contributed by atoms with Gasteiger partial charge in [0.2, 0.25) is 0 Å². The van der Waals surface area contributed by atoms with Crippen LogP contribution in [0.15, 0.2) is 52.7 Å². The number of thiazole rings is 1. The van der Waals surface area contributed by atoms with Crippen molar-refractivity contribution in [3.63, 3.8) is 0 Å². The second-order valence-electron chi connectivity index (χ2n) is 7.26. The van der Waals surface area contributed by atoms with Crippen molar-refractivity contribution in [2.75, 3.05) is 18.0 Å². The molecular weight excluding hydrogens is 483 g/mol. The van der Waals surface area contributed by atoms with Crippen molar-refractivity contribution >= 4 is 61.1 Å². The smallest absolute Gasteiger partial charge is 0.185 e. The molecule has 1 aromatic heterocycles. The molecule has 4 nitrogen and oxygen atoms in total. The number of hydrogen-bond donors (Lipinski definition) is 0. The molecule has 3 aromatic rings. The molecule has 0 amide bonds. The van der Waals surface area contributed by atoms with Crippen LogP contribution in [0.25, 0.3) is 0 Å². The van der Waals surface area contributed by atoms with Gasteiger partial charge >= 0.3 is 0 Å². The zero-order valence-electron chi connectivity index (χ0n) is 15.9. The minimum atomic E-state index is -3.39. The fourth-order valence-corrected chi connectivity index (χ4v) is 7.12. The Morgan fingerprint density at radius 1 is 1.00 bits per heavy atom. The van der Waals surface area contributed by atoms with Crippen molar-refractivity contribution in [2.45, 2.75) is 29.4 Å². The van der Waals surface area contributed by atoms with Gasteiger partial charge in [0.15, 0.2) is 15.0 Å². The van der Waals surface area contributed by atoms with Crippen molar-refractivity contribution in [2.24, 2.45) is 0 Å². The van der Waals surface area contributed by atoms with Gasteiger partial charge in [-0.05, 0) is 54.8 Å². The van der Waals surface area contributed by atoms with E-state index in [0.29, 0.717) is 52.3 Å². The third kappa shape index (κ3) is 4.94. The molecule has 30 heavy (non-hydrogen) atoms. The summed E-state index contributed by atoms with van der Waals surface area (Å²) in [5.74, 6) is 0. The van der Waals surface area contributed by atoms with E-state index in [-0.39, 0.29) is 0 Å². The number of benzene rings is 2. The Kier molecular flexibility index (Phi) is 6.61. The van der Waals surface area contributed by atoms with Crippen LogP contribution in [0.4, 0.5) is 5.13 Å². The van der Waals surface area contributed by atoms with E-state index >= 15 is 0 Å². The molecule has 0 aliphatic carbocycles. The maximum Gasteiger partial charge on any atom is 0.185 e. The van der Waals surface area contributed by atoms with Crippen LogP contribution in [0.3, 0.4) is 0 Å². The lowest BCUT2D eigenvalue weighted by Gasteiger charge is -2.31. The van der Waals surface area contributed by atoms with E-state index in [1.807, 2.05) is 17.5 Å². The molecule has 9 heteroatoms. The SMILES string of the molecule is O=S(=O)(c1cccc(Cl)c1)C1CCN(c2nc(Cc3cc(Cl)cc(Cl)c3)cs2)CC1. The summed E-state index contributed by atoms with van der Waals surface area (Å²) in [5, 5.41) is 4.19. The highest BCUT2D eigenvalue weighted by atomic mass is 35.5. The maximum absolute atomic E-state index is 12.9. The van der Waals surface area contributed by atoms with Gasteiger partial charge in [0.1, 0.15) is 0 Å². The molecule has 0 saturated carbocycles. The van der Waals surface area contributed by atoms with Crippen LogP contribution in [-0.4, -0.2) is 31.7 Å². The fraction of sp³-hybridized carbons (Fsp3) is 0.286. The van der Waals surface area contributed by atoms with Gasteiger partial charge in [-0.1, -0.05) is 40.9 Å². The number of hydrogen-bond acceptors (Lipinski definition) is 5. The fourth-order valence-electron chi connectivity index (χ4n) is 3.64. The van der Waals surface area contributed by atoms with E-state index in [0.717, 1.165) is 16.4 Å². The van der Waals surface area contributed by atoms with Crippen LogP contribution in [-0.2, 0) is 16.3 Å². The second kappa shape index (κ2) is 9.05. The van der Waals surface area contributed by atoms with Crippen LogP contribution in [0.1, 0.15) is 24.1 Å². The number of anilines is 1. The highest BCUT2D eigenvalue weighted by Gasteiger charge is 2.32. The van der Waals surface area contributed by atoms with Gasteiger partial charge in [0.05, 0.1) is 15.8 Å². The van der Waals surface area contributed by atoms with Crippen molar-refractivity contribution < 1.29 is 8.42 Å². The zero-order valence-corrected chi connectivity index (χ0v) is 19.8. The molecule has 1 fully saturated rings. The van der Waals surface area contributed by atoms with Crippen molar-refractivity contribution in [3.8, 4) is 0 Å². The van der Waals surface area contributed by atoms with Gasteiger partial charge in [0.25, 0.3) is 0 Å². The zero-order chi connectivity index (χ0) is 21.3. The molecule has 0 spiro atoms. The predicted molar refractivity (Wildman–Crippen MR) is 125 cm³/mol. The van der Waals surface area contributed by atoms with Gasteiger partial charge in [-0.25, -0.2) is 13.4 Å². The summed E-state index contributed by atoms with van der Waals surface area (Å²) in [6.07, 6.45) is 1.78. The van der Waals surface area contributed by atoms with E-state index in [1.165, 1.54) is 6.07 Å². The van der Waals surface area contributed by atoms with E-state index in [9.17, 15) is 8.42 Å². The minimum absolute atomic E-state index is 0.296. The van der Waals surface area contributed by atoms with Crippen molar-refractivity contribution in [1.29, 1.82) is 0 Å². The third-order valence-corrected chi connectivity index (χ3v) is 9.00. The van der Waals surface area contributed by atoms with Gasteiger partial charge < -0.3 is 4.90 Å². The first kappa shape index (κ1) is 21.9. The number of aromatic nitrogens is 1. The number of nitrogens with zero attached hydrogens (tertiary/aromatic N) is 2. The Morgan fingerprint density at radius 3 is 2.37 bits per heavy atom. The van der Waals surface area contributed by atoms with Gasteiger partial charge in [-0.3, -0.25) is 0 Å². The van der Waals surface area contributed by atoms with E-state index < -0.39 is 15.1 Å². The highest BCUT2D eigenvalue weighted by molar-refractivity contribution is 7.92. The van der Waals surface area contributed by atoms with Crippen LogP contribution < -0.4 is 4.90 Å². The molecule has 2 aromatic carbocycles. The van der Waals surface area contributed by atoms with Crippen LogP contribution in [0, 0.1) is 0 Å².